The van der Waals surface area contributed by atoms with Crippen LogP contribution in [0.25, 0.3) is 21.1 Å². The van der Waals surface area contributed by atoms with Crippen molar-refractivity contribution >= 4 is 49.4 Å². The summed E-state index contributed by atoms with van der Waals surface area (Å²) in [6.45, 7) is 0.200. The third kappa shape index (κ3) is 3.92. The van der Waals surface area contributed by atoms with Crippen LogP contribution in [-0.2, 0) is 4.79 Å². The number of carbonyl (C=O) groups is 2. The van der Waals surface area contributed by atoms with Crippen molar-refractivity contribution in [2.45, 2.75) is 6.42 Å². The molecule has 0 fully saturated rings. The number of anilines is 1. The summed E-state index contributed by atoms with van der Waals surface area (Å²) in [6.07, 6.45) is 0.138. The maximum Gasteiger partial charge on any atom is 0.267 e. The molecule has 0 saturated carbocycles. The molecule has 9 heteroatoms. The van der Waals surface area contributed by atoms with Gasteiger partial charge in [-0.3, -0.25) is 9.59 Å². The maximum absolute atomic E-state index is 12.5. The highest BCUT2D eigenvalue weighted by molar-refractivity contribution is 7.22. The second-order valence-electron chi connectivity index (χ2n) is 6.49. The summed E-state index contributed by atoms with van der Waals surface area (Å²) in [5.74, 6) is 0.625. The molecular formula is C21H20N4O4S. The Balaban J connectivity index is 1.35. The zero-order valence-electron chi connectivity index (χ0n) is 16.4. The molecule has 2 heterocycles. The van der Waals surface area contributed by atoms with E-state index in [0.29, 0.717) is 22.3 Å². The normalized spacial score (nSPS) is 10.9. The zero-order valence-corrected chi connectivity index (χ0v) is 17.3. The Labute approximate surface area is 176 Å². The van der Waals surface area contributed by atoms with Gasteiger partial charge < -0.3 is 25.1 Å². The summed E-state index contributed by atoms with van der Waals surface area (Å²) in [4.78, 5) is 32.1. The lowest BCUT2D eigenvalue weighted by Gasteiger charge is -2.07. The van der Waals surface area contributed by atoms with Gasteiger partial charge in [-0.25, -0.2) is 4.98 Å². The maximum atomic E-state index is 12.5. The minimum Gasteiger partial charge on any atom is -0.493 e. The first-order valence-electron chi connectivity index (χ1n) is 9.26. The molecule has 0 atom stereocenters. The number of H-pyrrole nitrogens is 1. The standard InChI is InChI=1S/C21H20N4O4S/c1-28-16-8-7-13-12(19(16)29-2)11-15(23-13)20(27)22-10-9-18(26)25-21-24-14-5-3-4-6-17(14)30-21/h3-8,11,23H,9-10H2,1-2H3,(H,22,27)(H,24,25,26). The molecule has 3 N–H and O–H groups in total. The Hall–Kier alpha value is -3.59. The number of para-hydroxylation sites is 1. The van der Waals surface area contributed by atoms with Gasteiger partial charge in [0.25, 0.3) is 5.91 Å². The van der Waals surface area contributed by atoms with Crippen LogP contribution in [0.4, 0.5) is 5.13 Å². The van der Waals surface area contributed by atoms with Crippen LogP contribution in [0.15, 0.2) is 42.5 Å². The van der Waals surface area contributed by atoms with Crippen molar-refractivity contribution < 1.29 is 19.1 Å². The highest BCUT2D eigenvalue weighted by Crippen LogP contribution is 2.35. The molecule has 0 bridgehead atoms. The van der Waals surface area contributed by atoms with Crippen molar-refractivity contribution in [2.24, 2.45) is 0 Å². The van der Waals surface area contributed by atoms with E-state index in [0.717, 1.165) is 21.1 Å². The minimum atomic E-state index is -0.306. The number of aromatic amines is 1. The highest BCUT2D eigenvalue weighted by atomic mass is 32.1. The summed E-state index contributed by atoms with van der Waals surface area (Å²) in [5, 5.41) is 6.81. The molecule has 154 valence electrons. The van der Waals surface area contributed by atoms with Gasteiger partial charge in [-0.15, -0.1) is 0 Å². The van der Waals surface area contributed by atoms with Gasteiger partial charge in [0.15, 0.2) is 16.6 Å². The van der Waals surface area contributed by atoms with Crippen LogP contribution >= 0.6 is 11.3 Å². The SMILES string of the molecule is COc1ccc2[nH]c(C(=O)NCCC(=O)Nc3nc4ccccc4s3)cc2c1OC. The third-order valence-corrected chi connectivity index (χ3v) is 5.52. The average molecular weight is 424 g/mol. The second kappa shape index (κ2) is 8.42. The van der Waals surface area contributed by atoms with Gasteiger partial charge in [0.2, 0.25) is 5.91 Å². The number of thiazole rings is 1. The number of nitrogens with zero attached hydrogens (tertiary/aromatic N) is 1. The van der Waals surface area contributed by atoms with Crippen LogP contribution in [-0.4, -0.2) is 42.5 Å². The fourth-order valence-corrected chi connectivity index (χ4v) is 4.03. The lowest BCUT2D eigenvalue weighted by Crippen LogP contribution is -2.27. The molecule has 8 nitrogen and oxygen atoms in total. The second-order valence-corrected chi connectivity index (χ2v) is 7.52. The van der Waals surface area contributed by atoms with Crippen molar-refractivity contribution in [2.75, 3.05) is 26.1 Å². The Bertz CT molecular complexity index is 1200. The Kier molecular flexibility index (Phi) is 5.53. The molecule has 0 spiro atoms. The van der Waals surface area contributed by atoms with Gasteiger partial charge in [-0.2, -0.15) is 0 Å². The fourth-order valence-electron chi connectivity index (χ4n) is 3.14. The Morgan fingerprint density at radius 1 is 1.13 bits per heavy atom. The summed E-state index contributed by atoms with van der Waals surface area (Å²) in [6, 6.07) is 13.0. The van der Waals surface area contributed by atoms with Gasteiger partial charge in [0.1, 0.15) is 5.69 Å². The topological polar surface area (TPSA) is 105 Å². The van der Waals surface area contributed by atoms with E-state index in [9.17, 15) is 9.59 Å². The number of hydrogen-bond donors (Lipinski definition) is 3. The van der Waals surface area contributed by atoms with Gasteiger partial charge in [-0.05, 0) is 30.3 Å². The van der Waals surface area contributed by atoms with Crippen molar-refractivity contribution in [1.29, 1.82) is 0 Å². The number of benzene rings is 2. The van der Waals surface area contributed by atoms with Crippen molar-refractivity contribution in [3.63, 3.8) is 0 Å². The quantitative estimate of drug-likeness (QED) is 0.421. The first-order valence-corrected chi connectivity index (χ1v) is 10.1. The van der Waals surface area contributed by atoms with E-state index >= 15 is 0 Å². The summed E-state index contributed by atoms with van der Waals surface area (Å²) < 4.78 is 11.7. The van der Waals surface area contributed by atoms with E-state index in [2.05, 4.69) is 20.6 Å². The van der Waals surface area contributed by atoms with Gasteiger partial charge in [-0.1, -0.05) is 23.5 Å². The number of amides is 2. The number of carbonyl (C=O) groups excluding carboxylic acids is 2. The molecule has 0 aliphatic rings. The lowest BCUT2D eigenvalue weighted by molar-refractivity contribution is -0.116. The number of aromatic nitrogens is 2. The van der Waals surface area contributed by atoms with Crippen LogP contribution in [0.5, 0.6) is 11.5 Å². The summed E-state index contributed by atoms with van der Waals surface area (Å²) in [5.41, 5.74) is 1.98. The molecule has 2 amide bonds. The van der Waals surface area contributed by atoms with Crippen LogP contribution in [0.2, 0.25) is 0 Å². The largest absolute Gasteiger partial charge is 0.493 e. The fraction of sp³-hybridized carbons (Fsp3) is 0.190. The minimum absolute atomic E-state index is 0.138. The molecule has 4 rings (SSSR count). The average Bonchev–Trinajstić information content (AvgIpc) is 3.36. The predicted molar refractivity (Wildman–Crippen MR) is 117 cm³/mol. The van der Waals surface area contributed by atoms with Crippen LogP contribution in [0.3, 0.4) is 0 Å². The molecule has 30 heavy (non-hydrogen) atoms. The van der Waals surface area contributed by atoms with Gasteiger partial charge in [0.05, 0.1) is 30.0 Å². The van der Waals surface area contributed by atoms with E-state index in [1.807, 2.05) is 30.3 Å². The number of hydrogen-bond acceptors (Lipinski definition) is 6. The van der Waals surface area contributed by atoms with E-state index in [1.54, 1.807) is 26.4 Å². The molecule has 2 aromatic heterocycles. The Morgan fingerprint density at radius 3 is 2.73 bits per heavy atom. The smallest absolute Gasteiger partial charge is 0.267 e. The first-order chi connectivity index (χ1) is 14.6. The highest BCUT2D eigenvalue weighted by Gasteiger charge is 2.15. The number of fused-ring (bicyclic) bond motifs is 2. The monoisotopic (exact) mass is 424 g/mol. The van der Waals surface area contributed by atoms with Crippen LogP contribution in [0, 0.1) is 0 Å². The van der Waals surface area contributed by atoms with Crippen molar-refractivity contribution in [3.05, 3.63) is 48.2 Å². The summed E-state index contributed by atoms with van der Waals surface area (Å²) >= 11 is 1.41. The van der Waals surface area contributed by atoms with E-state index in [-0.39, 0.29) is 24.8 Å². The number of nitrogens with one attached hydrogen (secondary N) is 3. The number of rotatable bonds is 7. The number of ether oxygens (including phenoxy) is 2. The Morgan fingerprint density at radius 2 is 1.97 bits per heavy atom. The predicted octanol–water partition coefficient (Wildman–Crippen LogP) is 3.55. The van der Waals surface area contributed by atoms with Crippen LogP contribution in [0.1, 0.15) is 16.9 Å². The lowest BCUT2D eigenvalue weighted by atomic mass is 10.2. The molecule has 0 aliphatic carbocycles. The van der Waals surface area contributed by atoms with Crippen molar-refractivity contribution in [3.8, 4) is 11.5 Å². The first kappa shape index (κ1) is 19.7. The summed E-state index contributed by atoms with van der Waals surface area (Å²) in [7, 11) is 3.11. The zero-order chi connectivity index (χ0) is 21.1. The van der Waals surface area contributed by atoms with Gasteiger partial charge in [0, 0.05) is 18.4 Å². The van der Waals surface area contributed by atoms with E-state index in [4.69, 9.17) is 9.47 Å². The van der Waals surface area contributed by atoms with E-state index < -0.39 is 0 Å². The van der Waals surface area contributed by atoms with Crippen LogP contribution < -0.4 is 20.1 Å². The molecule has 0 saturated heterocycles. The number of methoxy groups -OCH3 is 2. The van der Waals surface area contributed by atoms with E-state index in [1.165, 1.54) is 11.3 Å². The molecule has 0 unspecified atom stereocenters. The molecule has 0 aliphatic heterocycles. The molecule has 4 aromatic rings. The van der Waals surface area contributed by atoms with Gasteiger partial charge >= 0.3 is 0 Å². The molecular weight excluding hydrogens is 404 g/mol. The molecule has 2 aromatic carbocycles. The van der Waals surface area contributed by atoms with Crippen molar-refractivity contribution in [1.82, 2.24) is 15.3 Å². The molecule has 0 radical (unpaired) electrons. The third-order valence-electron chi connectivity index (χ3n) is 4.56.